The second kappa shape index (κ2) is 6.01. The highest BCUT2D eigenvalue weighted by Gasteiger charge is 2.68. The maximum Gasteiger partial charge on any atom is 0.410 e. The lowest BCUT2D eigenvalue weighted by molar-refractivity contribution is 0.0217. The third-order valence-electron chi connectivity index (χ3n) is 4.67. The van der Waals surface area contributed by atoms with Gasteiger partial charge in [-0.15, -0.1) is 0 Å². The molecular formula is C18H25FN2O3. The first-order chi connectivity index (χ1) is 11.2. The van der Waals surface area contributed by atoms with Crippen molar-refractivity contribution in [3.63, 3.8) is 0 Å². The van der Waals surface area contributed by atoms with Crippen LogP contribution in [-0.2, 0) is 16.0 Å². The Balaban J connectivity index is 1.65. The molecule has 0 radical (unpaired) electrons. The fourth-order valence-corrected chi connectivity index (χ4v) is 3.57. The molecule has 3 unspecified atom stereocenters. The Morgan fingerprint density at radius 3 is 2.58 bits per heavy atom. The van der Waals surface area contributed by atoms with Gasteiger partial charge in [-0.25, -0.2) is 9.18 Å². The van der Waals surface area contributed by atoms with Crippen LogP contribution < -0.4 is 0 Å². The zero-order chi connectivity index (χ0) is 17.5. The number of piperazine rings is 1. The Morgan fingerprint density at radius 2 is 2.00 bits per heavy atom. The third-order valence-corrected chi connectivity index (χ3v) is 4.67. The molecule has 24 heavy (non-hydrogen) atoms. The van der Waals surface area contributed by atoms with Crippen LogP contribution in [0.3, 0.4) is 0 Å². The topological polar surface area (TPSA) is 41.8 Å². The number of likely N-dealkylation sites (tertiary alicyclic amines) is 1. The highest BCUT2D eigenvalue weighted by molar-refractivity contribution is 5.69. The number of nitrogens with zero attached hydrogens (tertiary/aromatic N) is 2. The number of benzene rings is 1. The summed E-state index contributed by atoms with van der Waals surface area (Å²) >= 11 is 0. The van der Waals surface area contributed by atoms with Crippen molar-refractivity contribution in [2.45, 2.75) is 44.5 Å². The fraction of sp³-hybridized carbons (Fsp3) is 0.611. The molecule has 1 amide bonds. The molecule has 1 aromatic carbocycles. The largest absolute Gasteiger partial charge is 0.444 e. The number of ether oxygens (including phenoxy) is 2. The molecule has 0 spiro atoms. The van der Waals surface area contributed by atoms with E-state index in [-0.39, 0.29) is 23.5 Å². The van der Waals surface area contributed by atoms with E-state index in [9.17, 15) is 9.18 Å². The molecule has 2 aliphatic heterocycles. The Hall–Kier alpha value is -1.66. The molecule has 0 bridgehead atoms. The minimum Gasteiger partial charge on any atom is -0.444 e. The third kappa shape index (κ3) is 3.26. The van der Waals surface area contributed by atoms with E-state index < -0.39 is 5.60 Å². The van der Waals surface area contributed by atoms with Gasteiger partial charge in [0.2, 0.25) is 0 Å². The summed E-state index contributed by atoms with van der Waals surface area (Å²) in [6.07, 6.45) is -0.271. The predicted molar refractivity (Wildman–Crippen MR) is 88.1 cm³/mol. The van der Waals surface area contributed by atoms with Crippen molar-refractivity contribution < 1.29 is 18.7 Å². The number of carbonyl (C=O) groups excluding carboxylic acids is 1. The molecule has 2 fully saturated rings. The van der Waals surface area contributed by atoms with E-state index in [1.54, 1.807) is 24.1 Å². The van der Waals surface area contributed by atoms with Gasteiger partial charge in [0, 0.05) is 26.7 Å². The number of amides is 1. The molecule has 3 atom stereocenters. The van der Waals surface area contributed by atoms with Crippen LogP contribution in [0.2, 0.25) is 0 Å². The standard InChI is InChI=1S/C18H25FN2O3/c1-17(2,3)24-16(22)20-10-15-18(11-20,12-23-4)21(15)9-13-5-7-14(19)8-6-13/h5-8,15H,9-12H2,1-4H3. The first kappa shape index (κ1) is 17.2. The number of fused-ring (bicyclic) bond motifs is 1. The zero-order valence-corrected chi connectivity index (χ0v) is 14.7. The summed E-state index contributed by atoms with van der Waals surface area (Å²) < 4.78 is 23.9. The first-order valence-electron chi connectivity index (χ1n) is 8.23. The van der Waals surface area contributed by atoms with E-state index in [0.29, 0.717) is 19.7 Å². The smallest absolute Gasteiger partial charge is 0.410 e. The van der Waals surface area contributed by atoms with Gasteiger partial charge in [0.1, 0.15) is 11.4 Å². The summed E-state index contributed by atoms with van der Waals surface area (Å²) in [5.74, 6) is -0.229. The summed E-state index contributed by atoms with van der Waals surface area (Å²) in [7, 11) is 1.68. The van der Waals surface area contributed by atoms with E-state index in [2.05, 4.69) is 4.90 Å². The van der Waals surface area contributed by atoms with E-state index in [4.69, 9.17) is 9.47 Å². The van der Waals surface area contributed by atoms with Crippen LogP contribution in [0.5, 0.6) is 0 Å². The Morgan fingerprint density at radius 1 is 1.33 bits per heavy atom. The lowest BCUT2D eigenvalue weighted by atomic mass is 10.1. The number of carbonyl (C=O) groups is 1. The van der Waals surface area contributed by atoms with Crippen molar-refractivity contribution in [2.24, 2.45) is 0 Å². The molecule has 0 aliphatic carbocycles. The SMILES string of the molecule is COCC12CN(C(=O)OC(C)(C)C)CC1N2Cc1ccc(F)cc1. The summed E-state index contributed by atoms with van der Waals surface area (Å²) in [6.45, 7) is 8.14. The van der Waals surface area contributed by atoms with Crippen molar-refractivity contribution in [3.8, 4) is 0 Å². The molecule has 2 saturated heterocycles. The molecule has 5 nitrogen and oxygen atoms in total. The monoisotopic (exact) mass is 336 g/mol. The normalized spacial score (nSPS) is 28.6. The summed E-state index contributed by atoms with van der Waals surface area (Å²) in [6, 6.07) is 6.82. The van der Waals surface area contributed by atoms with Gasteiger partial charge in [-0.1, -0.05) is 12.1 Å². The van der Waals surface area contributed by atoms with Gasteiger partial charge in [0.05, 0.1) is 18.2 Å². The van der Waals surface area contributed by atoms with Crippen LogP contribution in [0.4, 0.5) is 9.18 Å². The van der Waals surface area contributed by atoms with Crippen molar-refractivity contribution in [3.05, 3.63) is 35.6 Å². The minimum absolute atomic E-state index is 0.153. The Labute approximate surface area is 142 Å². The van der Waals surface area contributed by atoms with Crippen molar-refractivity contribution in [2.75, 3.05) is 26.8 Å². The molecule has 6 heteroatoms. The summed E-state index contributed by atoms with van der Waals surface area (Å²) in [5, 5.41) is 0. The van der Waals surface area contributed by atoms with Crippen LogP contribution in [0.15, 0.2) is 24.3 Å². The number of hydrogen-bond donors (Lipinski definition) is 0. The van der Waals surface area contributed by atoms with Crippen LogP contribution in [0, 0.1) is 5.82 Å². The van der Waals surface area contributed by atoms with Crippen LogP contribution in [-0.4, -0.2) is 59.9 Å². The lowest BCUT2D eigenvalue weighted by Crippen LogP contribution is -2.42. The minimum atomic E-state index is -0.494. The quantitative estimate of drug-likeness (QED) is 0.793. The van der Waals surface area contributed by atoms with Gasteiger partial charge >= 0.3 is 6.09 Å². The molecule has 1 aromatic rings. The lowest BCUT2D eigenvalue weighted by Gasteiger charge is -2.28. The van der Waals surface area contributed by atoms with Crippen molar-refractivity contribution in [1.29, 1.82) is 0 Å². The average Bonchev–Trinajstić information content (AvgIpc) is 2.87. The Bertz CT molecular complexity index is 614. The molecule has 2 heterocycles. The highest BCUT2D eigenvalue weighted by atomic mass is 19.1. The van der Waals surface area contributed by atoms with Crippen LogP contribution in [0.25, 0.3) is 0 Å². The van der Waals surface area contributed by atoms with E-state index in [1.807, 2.05) is 20.8 Å². The van der Waals surface area contributed by atoms with Crippen molar-refractivity contribution >= 4 is 6.09 Å². The maximum absolute atomic E-state index is 13.1. The van der Waals surface area contributed by atoms with Gasteiger partial charge in [0.25, 0.3) is 0 Å². The fourth-order valence-electron chi connectivity index (χ4n) is 3.57. The second-order valence-corrected chi connectivity index (χ2v) is 7.67. The Kier molecular flexibility index (Phi) is 4.30. The van der Waals surface area contributed by atoms with E-state index >= 15 is 0 Å². The maximum atomic E-state index is 13.1. The summed E-state index contributed by atoms with van der Waals surface area (Å²) in [5.41, 5.74) is 0.414. The average molecular weight is 336 g/mol. The molecule has 0 aromatic heterocycles. The van der Waals surface area contributed by atoms with E-state index in [1.165, 1.54) is 12.1 Å². The van der Waals surface area contributed by atoms with Crippen molar-refractivity contribution in [1.82, 2.24) is 9.80 Å². The highest BCUT2D eigenvalue weighted by Crippen LogP contribution is 2.48. The number of rotatable bonds is 4. The molecule has 132 valence electrons. The van der Waals surface area contributed by atoms with Gasteiger partial charge in [-0.3, -0.25) is 4.90 Å². The molecule has 2 aliphatic rings. The van der Waals surface area contributed by atoms with Crippen LogP contribution >= 0.6 is 0 Å². The molecular weight excluding hydrogens is 311 g/mol. The zero-order valence-electron chi connectivity index (χ0n) is 14.7. The number of hydrogen-bond acceptors (Lipinski definition) is 4. The van der Waals surface area contributed by atoms with Crippen LogP contribution in [0.1, 0.15) is 26.3 Å². The molecule has 0 saturated carbocycles. The number of halogens is 1. The van der Waals surface area contributed by atoms with Gasteiger partial charge in [0.15, 0.2) is 0 Å². The van der Waals surface area contributed by atoms with Gasteiger partial charge in [-0.05, 0) is 38.5 Å². The number of methoxy groups -OCH3 is 1. The van der Waals surface area contributed by atoms with Gasteiger partial charge < -0.3 is 14.4 Å². The van der Waals surface area contributed by atoms with Gasteiger partial charge in [-0.2, -0.15) is 0 Å². The first-order valence-corrected chi connectivity index (χ1v) is 8.23. The molecule has 0 N–H and O–H groups in total. The van der Waals surface area contributed by atoms with E-state index in [0.717, 1.165) is 12.1 Å². The predicted octanol–water partition coefficient (Wildman–Crippen LogP) is 2.65. The second-order valence-electron chi connectivity index (χ2n) is 7.67. The molecule has 3 rings (SSSR count). The summed E-state index contributed by atoms with van der Waals surface area (Å²) in [4.78, 5) is 16.4.